The van der Waals surface area contributed by atoms with Crippen LogP contribution in [-0.4, -0.2) is 12.4 Å². The van der Waals surface area contributed by atoms with Crippen molar-refractivity contribution in [3.05, 3.63) is 65.2 Å². The molecule has 1 aliphatic rings. The van der Waals surface area contributed by atoms with Gasteiger partial charge in [-0.2, -0.15) is 0 Å². The molecule has 0 aliphatic carbocycles. The maximum atomic E-state index is 7.45. The van der Waals surface area contributed by atoms with E-state index in [-0.39, 0.29) is 5.84 Å². The molecule has 1 heterocycles. The molecule has 0 saturated carbocycles. The van der Waals surface area contributed by atoms with Crippen molar-refractivity contribution in [2.45, 2.75) is 25.8 Å². The molecule has 108 valence electrons. The Labute approximate surface area is 125 Å². The highest BCUT2D eigenvalue weighted by Gasteiger charge is 2.14. The van der Waals surface area contributed by atoms with Gasteiger partial charge < -0.3 is 10.6 Å². The second-order valence-corrected chi connectivity index (χ2v) is 5.62. The first kappa shape index (κ1) is 13.7. The number of hydrogen-bond acceptors (Lipinski definition) is 2. The summed E-state index contributed by atoms with van der Waals surface area (Å²) in [6, 6.07) is 16.7. The molecular formula is C18H21N3. The van der Waals surface area contributed by atoms with Crippen LogP contribution in [0.2, 0.25) is 0 Å². The summed E-state index contributed by atoms with van der Waals surface area (Å²) in [5.41, 5.74) is 10.4. The van der Waals surface area contributed by atoms with Crippen LogP contribution in [0.3, 0.4) is 0 Å². The molecule has 0 radical (unpaired) electrons. The number of nitrogens with two attached hydrogens (primary N) is 1. The van der Waals surface area contributed by atoms with Gasteiger partial charge in [0.25, 0.3) is 0 Å². The largest absolute Gasteiger partial charge is 0.384 e. The van der Waals surface area contributed by atoms with E-state index in [1.54, 1.807) is 0 Å². The molecule has 3 rings (SSSR count). The van der Waals surface area contributed by atoms with Gasteiger partial charge in [0.05, 0.1) is 0 Å². The van der Waals surface area contributed by atoms with E-state index < -0.39 is 0 Å². The molecule has 0 amide bonds. The van der Waals surface area contributed by atoms with Crippen molar-refractivity contribution in [2.24, 2.45) is 5.73 Å². The molecule has 3 nitrogen and oxygen atoms in total. The molecule has 1 aliphatic heterocycles. The molecule has 0 fully saturated rings. The third-order valence-electron chi connectivity index (χ3n) is 4.09. The minimum atomic E-state index is 0.127. The van der Waals surface area contributed by atoms with E-state index in [0.29, 0.717) is 0 Å². The normalized spacial score (nSPS) is 14.4. The molecule has 3 heteroatoms. The van der Waals surface area contributed by atoms with Gasteiger partial charge >= 0.3 is 0 Å². The summed E-state index contributed by atoms with van der Waals surface area (Å²) in [6.45, 7) is 2.01. The first-order valence-corrected chi connectivity index (χ1v) is 7.50. The Hall–Kier alpha value is -2.29. The van der Waals surface area contributed by atoms with E-state index in [2.05, 4.69) is 41.3 Å². The van der Waals surface area contributed by atoms with Crippen LogP contribution in [0.1, 0.15) is 29.5 Å². The zero-order chi connectivity index (χ0) is 14.7. The Morgan fingerprint density at radius 3 is 2.57 bits per heavy atom. The van der Waals surface area contributed by atoms with Gasteiger partial charge in [0.15, 0.2) is 0 Å². The number of para-hydroxylation sites is 1. The van der Waals surface area contributed by atoms with Crippen molar-refractivity contribution in [2.75, 3.05) is 11.4 Å². The summed E-state index contributed by atoms with van der Waals surface area (Å²) in [6.07, 6.45) is 3.67. The summed E-state index contributed by atoms with van der Waals surface area (Å²) in [5, 5.41) is 7.45. The van der Waals surface area contributed by atoms with Gasteiger partial charge in [-0.25, -0.2) is 0 Å². The lowest BCUT2D eigenvalue weighted by atomic mass is 10.1. The van der Waals surface area contributed by atoms with Crippen LogP contribution in [0.5, 0.6) is 0 Å². The van der Waals surface area contributed by atoms with Gasteiger partial charge in [-0.15, -0.1) is 0 Å². The van der Waals surface area contributed by atoms with Gasteiger partial charge in [-0.05, 0) is 36.5 Å². The zero-order valence-electron chi connectivity index (χ0n) is 12.2. The summed E-state index contributed by atoms with van der Waals surface area (Å²) in [4.78, 5) is 2.46. The first-order valence-electron chi connectivity index (χ1n) is 7.50. The van der Waals surface area contributed by atoms with Gasteiger partial charge in [-0.1, -0.05) is 42.5 Å². The monoisotopic (exact) mass is 279 g/mol. The van der Waals surface area contributed by atoms with Crippen LogP contribution < -0.4 is 10.6 Å². The Balaban J connectivity index is 1.82. The van der Waals surface area contributed by atoms with Crippen molar-refractivity contribution >= 4 is 11.5 Å². The van der Waals surface area contributed by atoms with E-state index in [1.807, 2.05) is 12.1 Å². The standard InChI is InChI=1S/C18H21N3/c19-18(20)16-10-8-14(9-11-16)13-21-12-4-3-6-15-5-1-2-7-17(15)21/h1-2,5,7-11H,3-4,6,12-13H2,(H3,19,20). The lowest BCUT2D eigenvalue weighted by molar-refractivity contribution is 0.714. The Morgan fingerprint density at radius 1 is 1.05 bits per heavy atom. The Morgan fingerprint density at radius 2 is 1.81 bits per heavy atom. The fourth-order valence-corrected chi connectivity index (χ4v) is 2.94. The number of rotatable bonds is 3. The average Bonchev–Trinajstić information content (AvgIpc) is 2.71. The summed E-state index contributed by atoms with van der Waals surface area (Å²) in [5.74, 6) is 0.127. The van der Waals surface area contributed by atoms with Crippen molar-refractivity contribution in [3.63, 3.8) is 0 Å². The van der Waals surface area contributed by atoms with Crippen LogP contribution in [0, 0.1) is 5.41 Å². The predicted molar refractivity (Wildman–Crippen MR) is 87.9 cm³/mol. The van der Waals surface area contributed by atoms with Gasteiger partial charge in [0.1, 0.15) is 5.84 Å². The molecule has 2 aromatic rings. The number of amidine groups is 1. The van der Waals surface area contributed by atoms with Crippen molar-refractivity contribution in [1.29, 1.82) is 5.41 Å². The fourth-order valence-electron chi connectivity index (χ4n) is 2.94. The molecule has 0 aromatic heterocycles. The molecule has 3 N–H and O–H groups in total. The minimum absolute atomic E-state index is 0.127. The topological polar surface area (TPSA) is 53.1 Å². The highest BCUT2D eigenvalue weighted by Crippen LogP contribution is 2.27. The number of nitrogens with one attached hydrogen (secondary N) is 1. The Kier molecular flexibility index (Phi) is 3.91. The van der Waals surface area contributed by atoms with Gasteiger partial charge in [0, 0.05) is 24.3 Å². The smallest absolute Gasteiger partial charge is 0.122 e. The summed E-state index contributed by atoms with van der Waals surface area (Å²) in [7, 11) is 0. The first-order chi connectivity index (χ1) is 10.2. The molecule has 2 aromatic carbocycles. The Bertz CT molecular complexity index is 631. The number of anilines is 1. The third-order valence-corrected chi connectivity index (χ3v) is 4.09. The van der Waals surface area contributed by atoms with Crippen LogP contribution >= 0.6 is 0 Å². The molecule has 0 saturated heterocycles. The second-order valence-electron chi connectivity index (χ2n) is 5.62. The van der Waals surface area contributed by atoms with Crippen molar-refractivity contribution < 1.29 is 0 Å². The van der Waals surface area contributed by atoms with E-state index in [9.17, 15) is 0 Å². The number of nitrogen functional groups attached to an aromatic ring is 1. The molecule has 0 spiro atoms. The lowest BCUT2D eigenvalue weighted by Crippen LogP contribution is -2.23. The number of benzene rings is 2. The van der Waals surface area contributed by atoms with Crippen molar-refractivity contribution in [3.8, 4) is 0 Å². The third kappa shape index (κ3) is 3.07. The fraction of sp³-hybridized carbons (Fsp3) is 0.278. The average molecular weight is 279 g/mol. The number of nitrogens with zero attached hydrogens (tertiary/aromatic N) is 1. The highest BCUT2D eigenvalue weighted by atomic mass is 15.1. The molecule has 0 unspecified atom stereocenters. The van der Waals surface area contributed by atoms with Crippen LogP contribution in [0.4, 0.5) is 5.69 Å². The van der Waals surface area contributed by atoms with E-state index in [0.717, 1.165) is 18.7 Å². The SMILES string of the molecule is N=C(N)c1ccc(CN2CCCCc3ccccc32)cc1. The van der Waals surface area contributed by atoms with Crippen LogP contribution in [-0.2, 0) is 13.0 Å². The number of fused-ring (bicyclic) bond motifs is 1. The van der Waals surface area contributed by atoms with Crippen molar-refractivity contribution in [1.82, 2.24) is 0 Å². The quantitative estimate of drug-likeness (QED) is 0.669. The maximum absolute atomic E-state index is 7.45. The van der Waals surface area contributed by atoms with Gasteiger partial charge in [0.2, 0.25) is 0 Å². The molecule has 0 bridgehead atoms. The summed E-state index contributed by atoms with van der Waals surface area (Å²) >= 11 is 0. The molecule has 21 heavy (non-hydrogen) atoms. The van der Waals surface area contributed by atoms with E-state index >= 15 is 0 Å². The highest BCUT2D eigenvalue weighted by molar-refractivity contribution is 5.94. The lowest BCUT2D eigenvalue weighted by Gasteiger charge is -2.25. The predicted octanol–water partition coefficient (Wildman–Crippen LogP) is 3.31. The zero-order valence-corrected chi connectivity index (χ0v) is 12.2. The van der Waals surface area contributed by atoms with Crippen LogP contribution in [0.15, 0.2) is 48.5 Å². The summed E-state index contributed by atoms with van der Waals surface area (Å²) < 4.78 is 0. The number of hydrogen-bond donors (Lipinski definition) is 2. The van der Waals surface area contributed by atoms with E-state index in [4.69, 9.17) is 11.1 Å². The maximum Gasteiger partial charge on any atom is 0.122 e. The number of aryl methyl sites for hydroxylation is 1. The molecular weight excluding hydrogens is 258 g/mol. The second kappa shape index (κ2) is 6.00. The molecule has 0 atom stereocenters. The van der Waals surface area contributed by atoms with Crippen LogP contribution in [0.25, 0.3) is 0 Å². The minimum Gasteiger partial charge on any atom is -0.384 e. The van der Waals surface area contributed by atoms with Gasteiger partial charge in [-0.3, -0.25) is 5.41 Å². The van der Waals surface area contributed by atoms with E-state index in [1.165, 1.54) is 36.1 Å².